The zero-order chi connectivity index (χ0) is 14.1. The van der Waals surface area contributed by atoms with Crippen LogP contribution in [0, 0.1) is 5.41 Å². The van der Waals surface area contributed by atoms with E-state index < -0.39 is 0 Å². The largest absolute Gasteiger partial charge is 0.357 e. The normalized spacial score (nSPS) is 22.9. The molecule has 0 atom stereocenters. The molecule has 21 heavy (non-hydrogen) atoms. The number of H-pyrrole nitrogens is 1. The number of benzene rings is 1. The van der Waals surface area contributed by atoms with Crippen molar-refractivity contribution in [3.63, 3.8) is 0 Å². The van der Waals surface area contributed by atoms with E-state index in [1.165, 1.54) is 68.5 Å². The number of aromatic nitrogens is 1. The number of likely N-dealkylation sites (tertiary alicyclic amines) is 1. The number of fused-ring (bicyclic) bond motifs is 1. The molecule has 2 saturated heterocycles. The Morgan fingerprint density at radius 1 is 1.00 bits per heavy atom. The highest BCUT2D eigenvalue weighted by Gasteiger charge is 2.35. The first kappa shape index (κ1) is 13.4. The lowest BCUT2D eigenvalue weighted by molar-refractivity contribution is 0.0696. The van der Waals surface area contributed by atoms with Gasteiger partial charge in [-0.25, -0.2) is 0 Å². The Hall–Kier alpha value is -1.32. The molecule has 1 aromatic carbocycles. The van der Waals surface area contributed by atoms with Crippen molar-refractivity contribution in [3.8, 4) is 0 Å². The second kappa shape index (κ2) is 5.47. The van der Waals surface area contributed by atoms with E-state index in [2.05, 4.69) is 45.5 Å². The number of para-hydroxylation sites is 1. The van der Waals surface area contributed by atoms with Gasteiger partial charge in [-0.3, -0.25) is 4.90 Å². The number of rotatable bonds is 2. The van der Waals surface area contributed by atoms with Gasteiger partial charge in [0.25, 0.3) is 0 Å². The van der Waals surface area contributed by atoms with Crippen LogP contribution < -0.4 is 5.32 Å². The predicted octanol–water partition coefficient (Wildman–Crippen LogP) is 3.13. The number of hydrogen-bond acceptors (Lipinski definition) is 2. The molecule has 2 N–H and O–H groups in total. The fraction of sp³-hybridized carbons (Fsp3) is 0.556. The quantitative estimate of drug-likeness (QED) is 0.887. The Bertz CT molecular complexity index is 567. The molecule has 0 unspecified atom stereocenters. The number of aromatic amines is 1. The fourth-order valence-electron chi connectivity index (χ4n) is 4.10. The molecule has 1 aromatic heterocycles. The van der Waals surface area contributed by atoms with E-state index in [0.29, 0.717) is 5.41 Å². The topological polar surface area (TPSA) is 31.1 Å². The van der Waals surface area contributed by atoms with Gasteiger partial charge in [0.15, 0.2) is 0 Å². The molecule has 1 spiro atoms. The van der Waals surface area contributed by atoms with Crippen molar-refractivity contribution in [1.82, 2.24) is 15.2 Å². The summed E-state index contributed by atoms with van der Waals surface area (Å²) >= 11 is 0. The summed E-state index contributed by atoms with van der Waals surface area (Å²) < 4.78 is 0. The first-order valence-electron chi connectivity index (χ1n) is 8.33. The molecule has 0 radical (unpaired) electrons. The van der Waals surface area contributed by atoms with Crippen LogP contribution in [0.1, 0.15) is 31.4 Å². The van der Waals surface area contributed by atoms with Gasteiger partial charge in [-0.15, -0.1) is 0 Å². The van der Waals surface area contributed by atoms with Crippen LogP contribution in [0.3, 0.4) is 0 Å². The molecule has 3 nitrogen and oxygen atoms in total. The van der Waals surface area contributed by atoms with Gasteiger partial charge < -0.3 is 10.3 Å². The van der Waals surface area contributed by atoms with Gasteiger partial charge in [-0.05, 0) is 74.8 Å². The molecule has 0 bridgehead atoms. The van der Waals surface area contributed by atoms with E-state index in [9.17, 15) is 0 Å². The standard InChI is InChI=1S/C18H25N3/c1-2-4-17-15(3-1)13-16(20-17)14-21-11-7-18(8-12-21)5-9-19-10-6-18/h1-4,13,19-20H,5-12,14H2. The van der Waals surface area contributed by atoms with E-state index >= 15 is 0 Å². The Kier molecular flexibility index (Phi) is 3.48. The van der Waals surface area contributed by atoms with Gasteiger partial charge in [-0.1, -0.05) is 18.2 Å². The van der Waals surface area contributed by atoms with Gasteiger partial charge >= 0.3 is 0 Å². The maximum Gasteiger partial charge on any atom is 0.0456 e. The minimum atomic E-state index is 0.655. The van der Waals surface area contributed by atoms with Crippen molar-refractivity contribution in [1.29, 1.82) is 0 Å². The summed E-state index contributed by atoms with van der Waals surface area (Å²) in [4.78, 5) is 6.19. The van der Waals surface area contributed by atoms with E-state index in [-0.39, 0.29) is 0 Å². The number of piperidine rings is 2. The number of nitrogens with zero attached hydrogens (tertiary/aromatic N) is 1. The summed E-state index contributed by atoms with van der Waals surface area (Å²) in [5.74, 6) is 0. The zero-order valence-corrected chi connectivity index (χ0v) is 12.7. The average Bonchev–Trinajstić information content (AvgIpc) is 2.93. The summed E-state index contributed by atoms with van der Waals surface area (Å²) in [6.07, 6.45) is 5.53. The number of nitrogens with one attached hydrogen (secondary N) is 2. The molecule has 112 valence electrons. The molecule has 2 fully saturated rings. The van der Waals surface area contributed by atoms with Gasteiger partial charge in [0, 0.05) is 17.8 Å². The first-order valence-corrected chi connectivity index (χ1v) is 8.33. The molecule has 2 aliphatic heterocycles. The van der Waals surface area contributed by atoms with Crippen LogP contribution in [-0.2, 0) is 6.54 Å². The van der Waals surface area contributed by atoms with Gasteiger partial charge in [0.1, 0.15) is 0 Å². The lowest BCUT2D eigenvalue weighted by Gasteiger charge is -2.44. The average molecular weight is 283 g/mol. The minimum Gasteiger partial charge on any atom is -0.357 e. The van der Waals surface area contributed by atoms with Gasteiger partial charge in [0.2, 0.25) is 0 Å². The maximum atomic E-state index is 3.56. The molecule has 0 aliphatic carbocycles. The highest BCUT2D eigenvalue weighted by Crippen LogP contribution is 2.39. The Morgan fingerprint density at radius 2 is 1.76 bits per heavy atom. The third-order valence-corrected chi connectivity index (χ3v) is 5.56. The van der Waals surface area contributed by atoms with Crippen molar-refractivity contribution >= 4 is 10.9 Å². The summed E-state index contributed by atoms with van der Waals surface area (Å²) in [7, 11) is 0. The minimum absolute atomic E-state index is 0.655. The molecule has 2 aromatic rings. The first-order chi connectivity index (χ1) is 10.3. The fourth-order valence-corrected chi connectivity index (χ4v) is 4.10. The molecule has 0 saturated carbocycles. The summed E-state index contributed by atoms with van der Waals surface area (Å²) in [5, 5.41) is 4.84. The molecular weight excluding hydrogens is 258 g/mol. The van der Waals surface area contributed by atoms with Crippen LogP contribution in [0.2, 0.25) is 0 Å². The van der Waals surface area contributed by atoms with Crippen LogP contribution in [-0.4, -0.2) is 36.1 Å². The van der Waals surface area contributed by atoms with Crippen molar-refractivity contribution < 1.29 is 0 Å². The van der Waals surface area contributed by atoms with E-state index in [1.54, 1.807) is 0 Å². The molecule has 3 heterocycles. The Labute approximate surface area is 126 Å². The third-order valence-electron chi connectivity index (χ3n) is 5.56. The predicted molar refractivity (Wildman–Crippen MR) is 87.3 cm³/mol. The van der Waals surface area contributed by atoms with Crippen LogP contribution >= 0.6 is 0 Å². The van der Waals surface area contributed by atoms with Crippen LogP contribution in [0.25, 0.3) is 10.9 Å². The van der Waals surface area contributed by atoms with Crippen molar-refractivity contribution in [2.75, 3.05) is 26.2 Å². The van der Waals surface area contributed by atoms with E-state index in [4.69, 9.17) is 0 Å². The van der Waals surface area contributed by atoms with Crippen molar-refractivity contribution in [2.45, 2.75) is 32.2 Å². The highest BCUT2D eigenvalue weighted by molar-refractivity contribution is 5.80. The zero-order valence-electron chi connectivity index (χ0n) is 12.7. The molecule has 0 amide bonds. The van der Waals surface area contributed by atoms with Crippen molar-refractivity contribution in [3.05, 3.63) is 36.0 Å². The van der Waals surface area contributed by atoms with Crippen LogP contribution in [0.4, 0.5) is 0 Å². The second-order valence-electron chi connectivity index (χ2n) is 6.91. The Balaban J connectivity index is 1.40. The second-order valence-corrected chi connectivity index (χ2v) is 6.91. The van der Waals surface area contributed by atoms with Gasteiger partial charge in [-0.2, -0.15) is 0 Å². The maximum absolute atomic E-state index is 3.56. The summed E-state index contributed by atoms with van der Waals surface area (Å²) in [6.45, 7) is 6.04. The smallest absolute Gasteiger partial charge is 0.0456 e. The lowest BCUT2D eigenvalue weighted by atomic mass is 9.71. The van der Waals surface area contributed by atoms with Crippen LogP contribution in [0.5, 0.6) is 0 Å². The highest BCUT2D eigenvalue weighted by atomic mass is 15.1. The molecule has 2 aliphatic rings. The molecular formula is C18H25N3. The van der Waals surface area contributed by atoms with E-state index in [0.717, 1.165) is 6.54 Å². The van der Waals surface area contributed by atoms with Gasteiger partial charge in [0.05, 0.1) is 0 Å². The Morgan fingerprint density at radius 3 is 2.52 bits per heavy atom. The summed E-state index contributed by atoms with van der Waals surface area (Å²) in [5.41, 5.74) is 3.28. The molecule has 3 heteroatoms. The van der Waals surface area contributed by atoms with Crippen molar-refractivity contribution in [2.24, 2.45) is 5.41 Å². The van der Waals surface area contributed by atoms with Crippen LogP contribution in [0.15, 0.2) is 30.3 Å². The molecule has 4 rings (SSSR count). The number of hydrogen-bond donors (Lipinski definition) is 2. The lowest BCUT2D eigenvalue weighted by Crippen LogP contribution is -2.45. The SMILES string of the molecule is c1ccc2[nH]c(CN3CCC4(CCNCC4)CC3)cc2c1. The third kappa shape index (κ3) is 2.72. The monoisotopic (exact) mass is 283 g/mol. The van der Waals surface area contributed by atoms with E-state index in [1.807, 2.05) is 0 Å². The summed E-state index contributed by atoms with van der Waals surface area (Å²) in [6, 6.07) is 10.9.